The number of carbonyl (C=O) groups is 1. The zero-order chi connectivity index (χ0) is 22.6. The molecule has 2 amide bonds. The van der Waals surface area contributed by atoms with Crippen LogP contribution in [-0.4, -0.2) is 45.4 Å². The monoisotopic (exact) mass is 451 g/mol. The SMILES string of the molecule is COc1ncc(NC(=O)N2C[C@@](C)(C(F)(F)F)c3c2cnc2cc(C#N)nn32)cc1Cl. The quantitative estimate of drug-likeness (QED) is 0.638. The van der Waals surface area contributed by atoms with Crippen LogP contribution in [0.3, 0.4) is 0 Å². The van der Waals surface area contributed by atoms with E-state index in [9.17, 15) is 18.0 Å². The van der Waals surface area contributed by atoms with Gasteiger partial charge in [-0.05, 0) is 13.0 Å². The van der Waals surface area contributed by atoms with Crippen LogP contribution in [0.15, 0.2) is 24.5 Å². The molecule has 3 aromatic heterocycles. The number of fused-ring (bicyclic) bond motifs is 3. The van der Waals surface area contributed by atoms with E-state index in [0.717, 1.165) is 22.5 Å². The Bertz CT molecular complexity index is 1250. The van der Waals surface area contributed by atoms with Gasteiger partial charge in [0.05, 0.1) is 36.6 Å². The maximum atomic E-state index is 14.1. The third-order valence-electron chi connectivity index (χ3n) is 4.99. The summed E-state index contributed by atoms with van der Waals surface area (Å²) >= 11 is 5.99. The molecular weight excluding hydrogens is 439 g/mol. The van der Waals surface area contributed by atoms with Gasteiger partial charge in [-0.3, -0.25) is 4.90 Å². The van der Waals surface area contributed by atoms with Gasteiger partial charge in [0.2, 0.25) is 5.88 Å². The van der Waals surface area contributed by atoms with Crippen molar-refractivity contribution in [1.82, 2.24) is 19.6 Å². The molecule has 0 fully saturated rings. The van der Waals surface area contributed by atoms with Gasteiger partial charge in [-0.1, -0.05) is 11.6 Å². The molecule has 0 aliphatic carbocycles. The van der Waals surface area contributed by atoms with E-state index in [2.05, 4.69) is 20.4 Å². The van der Waals surface area contributed by atoms with E-state index in [1.54, 1.807) is 6.07 Å². The smallest absolute Gasteiger partial charge is 0.401 e. The minimum atomic E-state index is -4.71. The van der Waals surface area contributed by atoms with E-state index in [1.807, 2.05) is 0 Å². The number of halogens is 4. The molecule has 1 aliphatic rings. The van der Waals surface area contributed by atoms with Crippen LogP contribution in [0.4, 0.5) is 29.3 Å². The van der Waals surface area contributed by atoms with Gasteiger partial charge in [0.25, 0.3) is 0 Å². The third-order valence-corrected chi connectivity index (χ3v) is 5.26. The molecule has 0 aromatic carbocycles. The van der Waals surface area contributed by atoms with E-state index >= 15 is 0 Å². The predicted octanol–water partition coefficient (Wildman–Crippen LogP) is 3.53. The lowest BCUT2D eigenvalue weighted by Crippen LogP contribution is -2.46. The first-order chi connectivity index (χ1) is 14.6. The Hall–Kier alpha value is -3.59. The number of carbonyl (C=O) groups excluding carboxylic acids is 1. The van der Waals surface area contributed by atoms with Gasteiger partial charge in [-0.2, -0.15) is 23.5 Å². The van der Waals surface area contributed by atoms with Crippen LogP contribution in [0.5, 0.6) is 5.88 Å². The number of amides is 2. The lowest BCUT2D eigenvalue weighted by Gasteiger charge is -2.28. The number of urea groups is 1. The Morgan fingerprint density at radius 2 is 2.10 bits per heavy atom. The predicted molar refractivity (Wildman–Crippen MR) is 103 cm³/mol. The standard InChI is InChI=1S/C18H13ClF3N7O2/c1-17(18(20,21)22)8-28(16(30)26-10-3-11(19)15(31-2)25-6-10)12-7-24-13-4-9(5-23)27-29(13)14(12)17/h3-4,6-7H,8H2,1-2H3,(H,26,30)/t17-/m1/s1. The number of ether oxygens (including phenoxy) is 1. The highest BCUT2D eigenvalue weighted by Crippen LogP contribution is 2.49. The Balaban J connectivity index is 1.78. The fourth-order valence-electron chi connectivity index (χ4n) is 3.41. The molecule has 1 N–H and O–H groups in total. The molecule has 3 aromatic rings. The fourth-order valence-corrected chi connectivity index (χ4v) is 3.65. The van der Waals surface area contributed by atoms with Crippen molar-refractivity contribution in [3.8, 4) is 11.9 Å². The van der Waals surface area contributed by atoms with Crippen molar-refractivity contribution < 1.29 is 22.7 Å². The Kier molecular flexibility index (Phi) is 4.66. The molecule has 0 spiro atoms. The third kappa shape index (κ3) is 3.17. The van der Waals surface area contributed by atoms with Crippen molar-refractivity contribution in [2.45, 2.75) is 18.5 Å². The van der Waals surface area contributed by atoms with Crippen LogP contribution < -0.4 is 15.0 Å². The number of hydrogen-bond donors (Lipinski definition) is 1. The molecule has 1 atom stereocenters. The summed E-state index contributed by atoms with van der Waals surface area (Å²) in [6.45, 7) is 0.260. The summed E-state index contributed by atoms with van der Waals surface area (Å²) in [6, 6.07) is 3.57. The topological polar surface area (TPSA) is 108 Å². The normalized spacial score (nSPS) is 18.0. The van der Waals surface area contributed by atoms with Gasteiger partial charge < -0.3 is 10.1 Å². The van der Waals surface area contributed by atoms with Crippen molar-refractivity contribution in [3.05, 3.63) is 40.9 Å². The average molecular weight is 452 g/mol. The maximum Gasteiger partial charge on any atom is 0.401 e. The van der Waals surface area contributed by atoms with Crippen LogP contribution in [0, 0.1) is 11.3 Å². The molecule has 160 valence electrons. The summed E-state index contributed by atoms with van der Waals surface area (Å²) in [7, 11) is 1.37. The highest BCUT2D eigenvalue weighted by molar-refractivity contribution is 6.32. The van der Waals surface area contributed by atoms with Gasteiger partial charge in [-0.25, -0.2) is 19.3 Å². The van der Waals surface area contributed by atoms with Gasteiger partial charge >= 0.3 is 12.2 Å². The number of aromatic nitrogens is 4. The van der Waals surface area contributed by atoms with Crippen molar-refractivity contribution in [3.63, 3.8) is 0 Å². The average Bonchev–Trinajstić information content (AvgIpc) is 3.27. The number of hydrogen-bond acceptors (Lipinski definition) is 6. The molecule has 0 bridgehead atoms. The number of nitrogens with zero attached hydrogens (tertiary/aromatic N) is 6. The van der Waals surface area contributed by atoms with E-state index in [-0.39, 0.29) is 39.3 Å². The molecule has 13 heteroatoms. The number of rotatable bonds is 2. The minimum absolute atomic E-state index is 0.0687. The zero-order valence-corrected chi connectivity index (χ0v) is 16.8. The fraction of sp³-hybridized carbons (Fsp3) is 0.278. The molecule has 31 heavy (non-hydrogen) atoms. The zero-order valence-electron chi connectivity index (χ0n) is 16.0. The summed E-state index contributed by atoms with van der Waals surface area (Å²) < 4.78 is 48.2. The number of anilines is 2. The second-order valence-corrected chi connectivity index (χ2v) is 7.37. The maximum absolute atomic E-state index is 14.1. The molecule has 0 saturated heterocycles. The highest BCUT2D eigenvalue weighted by atomic mass is 35.5. The molecule has 4 rings (SSSR count). The van der Waals surface area contributed by atoms with Gasteiger partial charge in [0.15, 0.2) is 11.3 Å². The molecule has 0 saturated carbocycles. The van der Waals surface area contributed by atoms with Crippen molar-refractivity contribution in [1.29, 1.82) is 5.26 Å². The highest BCUT2D eigenvalue weighted by Gasteiger charge is 2.60. The molecule has 4 heterocycles. The number of methoxy groups -OCH3 is 1. The lowest BCUT2D eigenvalue weighted by molar-refractivity contribution is -0.181. The van der Waals surface area contributed by atoms with Crippen LogP contribution >= 0.6 is 11.6 Å². The second kappa shape index (κ2) is 6.98. The number of nitrogens with one attached hydrogen (secondary N) is 1. The summed E-state index contributed by atoms with van der Waals surface area (Å²) in [5, 5.41) is 15.6. The first-order valence-electron chi connectivity index (χ1n) is 8.73. The first-order valence-corrected chi connectivity index (χ1v) is 9.11. The van der Waals surface area contributed by atoms with Gasteiger partial charge in [0, 0.05) is 12.6 Å². The number of alkyl halides is 3. The van der Waals surface area contributed by atoms with Gasteiger partial charge in [-0.15, -0.1) is 0 Å². The summed E-state index contributed by atoms with van der Waals surface area (Å²) in [5.74, 6) is 0.134. The van der Waals surface area contributed by atoms with Gasteiger partial charge in [0.1, 0.15) is 16.5 Å². The Labute approximate surface area is 178 Å². The molecule has 0 radical (unpaired) electrons. The van der Waals surface area contributed by atoms with Crippen molar-refractivity contribution in [2.24, 2.45) is 0 Å². The second-order valence-electron chi connectivity index (χ2n) is 6.96. The Morgan fingerprint density at radius 1 is 1.35 bits per heavy atom. The molecule has 1 aliphatic heterocycles. The first kappa shape index (κ1) is 20.7. The summed E-state index contributed by atoms with van der Waals surface area (Å²) in [6.07, 6.45) is -2.30. The van der Waals surface area contributed by atoms with Crippen LogP contribution in [0.25, 0.3) is 5.65 Å². The van der Waals surface area contributed by atoms with E-state index in [4.69, 9.17) is 21.6 Å². The van der Waals surface area contributed by atoms with E-state index < -0.39 is 24.2 Å². The summed E-state index contributed by atoms with van der Waals surface area (Å²) in [5.41, 5.74) is -2.67. The molecule has 9 nitrogen and oxygen atoms in total. The van der Waals surface area contributed by atoms with E-state index in [0.29, 0.717) is 0 Å². The van der Waals surface area contributed by atoms with E-state index in [1.165, 1.54) is 25.4 Å². The van der Waals surface area contributed by atoms with Crippen molar-refractivity contribution in [2.75, 3.05) is 23.9 Å². The van der Waals surface area contributed by atoms with Crippen molar-refractivity contribution >= 4 is 34.7 Å². The minimum Gasteiger partial charge on any atom is -0.480 e. The number of nitriles is 1. The van der Waals surface area contributed by atoms with Crippen LogP contribution in [-0.2, 0) is 5.41 Å². The van der Waals surface area contributed by atoms with Crippen LogP contribution in [0.1, 0.15) is 18.3 Å². The lowest BCUT2D eigenvalue weighted by atomic mass is 9.88. The molecule has 0 unspecified atom stereocenters. The molecular formula is C18H13ClF3N7O2. The summed E-state index contributed by atoms with van der Waals surface area (Å²) in [4.78, 5) is 21.8. The van der Waals surface area contributed by atoms with Crippen LogP contribution in [0.2, 0.25) is 5.02 Å². The number of pyridine rings is 1. The largest absolute Gasteiger partial charge is 0.480 e. The Morgan fingerprint density at radius 3 is 2.71 bits per heavy atom.